The SMILES string of the molecule is CC(Nc1ncnc2ccc(N)cc12)C1CCOCC1. The number of hydrogen-bond donors (Lipinski definition) is 2. The molecule has 1 aliphatic rings. The van der Waals surface area contributed by atoms with E-state index in [1.54, 1.807) is 6.33 Å². The van der Waals surface area contributed by atoms with Gasteiger partial charge in [-0.05, 0) is 43.9 Å². The van der Waals surface area contributed by atoms with Crippen LogP contribution in [0.1, 0.15) is 19.8 Å². The highest BCUT2D eigenvalue weighted by molar-refractivity contribution is 5.91. The number of hydrogen-bond acceptors (Lipinski definition) is 5. The molecule has 1 saturated heterocycles. The van der Waals surface area contributed by atoms with Crippen molar-refractivity contribution in [1.82, 2.24) is 9.97 Å². The number of benzene rings is 1. The van der Waals surface area contributed by atoms with E-state index in [-0.39, 0.29) is 0 Å². The van der Waals surface area contributed by atoms with Crippen LogP contribution < -0.4 is 11.1 Å². The second-order valence-electron chi connectivity index (χ2n) is 5.38. The molecule has 1 aliphatic heterocycles. The number of ether oxygens (including phenoxy) is 1. The maximum Gasteiger partial charge on any atom is 0.137 e. The zero-order valence-electron chi connectivity index (χ0n) is 11.7. The second-order valence-corrected chi connectivity index (χ2v) is 5.38. The van der Waals surface area contributed by atoms with E-state index in [1.165, 1.54) is 0 Å². The van der Waals surface area contributed by atoms with Crippen molar-refractivity contribution in [3.8, 4) is 0 Å². The van der Waals surface area contributed by atoms with Gasteiger partial charge in [0.15, 0.2) is 0 Å². The van der Waals surface area contributed by atoms with Crippen LogP contribution in [-0.4, -0.2) is 29.2 Å². The predicted octanol–water partition coefficient (Wildman–Crippen LogP) is 2.44. The van der Waals surface area contributed by atoms with Crippen LogP contribution in [0.25, 0.3) is 10.9 Å². The molecule has 3 rings (SSSR count). The molecule has 1 atom stereocenters. The fraction of sp³-hybridized carbons (Fsp3) is 0.467. The first-order valence-corrected chi connectivity index (χ1v) is 7.08. The van der Waals surface area contributed by atoms with Gasteiger partial charge in [-0.15, -0.1) is 0 Å². The summed E-state index contributed by atoms with van der Waals surface area (Å²) in [7, 11) is 0. The Bertz CT molecular complexity index is 595. The first kappa shape index (κ1) is 13.1. The lowest BCUT2D eigenvalue weighted by atomic mass is 9.93. The Morgan fingerprint density at radius 3 is 2.90 bits per heavy atom. The highest BCUT2D eigenvalue weighted by Crippen LogP contribution is 2.25. The first-order valence-electron chi connectivity index (χ1n) is 7.08. The summed E-state index contributed by atoms with van der Waals surface area (Å²) in [4.78, 5) is 8.65. The van der Waals surface area contributed by atoms with Crippen molar-refractivity contribution in [3.05, 3.63) is 24.5 Å². The van der Waals surface area contributed by atoms with E-state index in [0.29, 0.717) is 12.0 Å². The van der Waals surface area contributed by atoms with E-state index in [1.807, 2.05) is 18.2 Å². The Labute approximate surface area is 118 Å². The summed E-state index contributed by atoms with van der Waals surface area (Å²) in [5.74, 6) is 1.48. The van der Waals surface area contributed by atoms with Gasteiger partial charge in [-0.2, -0.15) is 0 Å². The fourth-order valence-electron chi connectivity index (χ4n) is 2.74. The van der Waals surface area contributed by atoms with Crippen LogP contribution >= 0.6 is 0 Å². The lowest BCUT2D eigenvalue weighted by Gasteiger charge is -2.28. The number of rotatable bonds is 3. The number of aromatic nitrogens is 2. The van der Waals surface area contributed by atoms with E-state index in [0.717, 1.165) is 48.5 Å². The first-order chi connectivity index (χ1) is 9.74. The number of nitrogens with one attached hydrogen (secondary N) is 1. The third-order valence-corrected chi connectivity index (χ3v) is 4.00. The summed E-state index contributed by atoms with van der Waals surface area (Å²) in [6, 6.07) is 6.07. The zero-order chi connectivity index (χ0) is 13.9. The van der Waals surface area contributed by atoms with Crippen molar-refractivity contribution in [3.63, 3.8) is 0 Å². The number of nitrogens with two attached hydrogens (primary N) is 1. The molecule has 1 unspecified atom stereocenters. The number of nitrogens with zero attached hydrogens (tertiary/aromatic N) is 2. The normalized spacial score (nSPS) is 18.1. The maximum atomic E-state index is 5.87. The van der Waals surface area contributed by atoms with Gasteiger partial charge in [0.25, 0.3) is 0 Å². The minimum absolute atomic E-state index is 0.360. The molecule has 0 spiro atoms. The van der Waals surface area contributed by atoms with E-state index >= 15 is 0 Å². The van der Waals surface area contributed by atoms with Crippen molar-refractivity contribution < 1.29 is 4.74 Å². The average molecular weight is 272 g/mol. The van der Waals surface area contributed by atoms with E-state index in [2.05, 4.69) is 22.2 Å². The van der Waals surface area contributed by atoms with E-state index in [4.69, 9.17) is 10.5 Å². The molecule has 20 heavy (non-hydrogen) atoms. The van der Waals surface area contributed by atoms with Crippen molar-refractivity contribution in [2.75, 3.05) is 24.3 Å². The van der Waals surface area contributed by atoms with Crippen molar-refractivity contribution in [2.24, 2.45) is 5.92 Å². The molecule has 0 amide bonds. The summed E-state index contributed by atoms with van der Waals surface area (Å²) in [6.45, 7) is 3.92. The van der Waals surface area contributed by atoms with Gasteiger partial charge in [0.2, 0.25) is 0 Å². The Morgan fingerprint density at radius 1 is 1.30 bits per heavy atom. The minimum atomic E-state index is 0.360. The van der Waals surface area contributed by atoms with Gasteiger partial charge in [-0.25, -0.2) is 9.97 Å². The highest BCUT2D eigenvalue weighted by atomic mass is 16.5. The van der Waals surface area contributed by atoms with Gasteiger partial charge in [-0.1, -0.05) is 0 Å². The van der Waals surface area contributed by atoms with E-state index < -0.39 is 0 Å². The quantitative estimate of drug-likeness (QED) is 0.840. The van der Waals surface area contributed by atoms with Gasteiger partial charge >= 0.3 is 0 Å². The van der Waals surface area contributed by atoms with Crippen molar-refractivity contribution in [1.29, 1.82) is 0 Å². The molecule has 1 aromatic heterocycles. The Morgan fingerprint density at radius 2 is 2.10 bits per heavy atom. The summed E-state index contributed by atoms with van der Waals surface area (Å²) in [5.41, 5.74) is 7.51. The van der Waals surface area contributed by atoms with Crippen LogP contribution in [0.5, 0.6) is 0 Å². The fourth-order valence-corrected chi connectivity index (χ4v) is 2.74. The predicted molar refractivity (Wildman–Crippen MR) is 80.6 cm³/mol. The molecule has 1 aromatic carbocycles. The maximum absolute atomic E-state index is 5.87. The van der Waals surface area contributed by atoms with Gasteiger partial charge < -0.3 is 15.8 Å². The van der Waals surface area contributed by atoms with Gasteiger partial charge in [0.05, 0.1) is 5.52 Å². The summed E-state index contributed by atoms with van der Waals surface area (Å²) in [5, 5.41) is 4.50. The van der Waals surface area contributed by atoms with Crippen LogP contribution in [0.2, 0.25) is 0 Å². The number of nitrogen functional groups attached to an aromatic ring is 1. The molecule has 0 radical (unpaired) electrons. The molecule has 106 valence electrons. The van der Waals surface area contributed by atoms with Crippen LogP contribution in [0.15, 0.2) is 24.5 Å². The molecule has 5 nitrogen and oxygen atoms in total. The average Bonchev–Trinajstić information content (AvgIpc) is 2.49. The molecule has 0 saturated carbocycles. The van der Waals surface area contributed by atoms with E-state index in [9.17, 15) is 0 Å². The highest BCUT2D eigenvalue weighted by Gasteiger charge is 2.21. The Balaban J connectivity index is 1.84. The molecule has 1 fully saturated rings. The van der Waals surface area contributed by atoms with Crippen LogP contribution in [0.3, 0.4) is 0 Å². The van der Waals surface area contributed by atoms with Crippen molar-refractivity contribution in [2.45, 2.75) is 25.8 Å². The third kappa shape index (κ3) is 2.67. The molecule has 0 aliphatic carbocycles. The lowest BCUT2D eigenvalue weighted by Crippen LogP contribution is -2.31. The molecular weight excluding hydrogens is 252 g/mol. The minimum Gasteiger partial charge on any atom is -0.399 e. The second kappa shape index (κ2) is 5.63. The molecular formula is C15H20N4O. The zero-order valence-corrected chi connectivity index (χ0v) is 11.7. The summed E-state index contributed by atoms with van der Waals surface area (Å²) >= 11 is 0. The lowest BCUT2D eigenvalue weighted by molar-refractivity contribution is 0.0622. The standard InChI is InChI=1S/C15H20N4O/c1-10(11-4-6-20-7-5-11)19-15-13-8-12(16)2-3-14(13)17-9-18-15/h2-3,8-11H,4-7,16H2,1H3,(H,17,18,19). The molecule has 0 bridgehead atoms. The largest absolute Gasteiger partial charge is 0.399 e. The van der Waals surface area contributed by atoms with Crippen molar-refractivity contribution >= 4 is 22.4 Å². The summed E-state index contributed by atoms with van der Waals surface area (Å²) < 4.78 is 5.42. The number of fused-ring (bicyclic) bond motifs is 1. The molecule has 5 heteroatoms. The molecule has 2 aromatic rings. The topological polar surface area (TPSA) is 73.1 Å². The van der Waals surface area contributed by atoms with Gasteiger partial charge in [0.1, 0.15) is 12.1 Å². The third-order valence-electron chi connectivity index (χ3n) is 4.00. The molecule has 3 N–H and O–H groups in total. The summed E-state index contributed by atoms with van der Waals surface area (Å²) in [6.07, 6.45) is 3.79. The monoisotopic (exact) mass is 272 g/mol. The van der Waals surface area contributed by atoms with Gasteiger partial charge in [-0.3, -0.25) is 0 Å². The van der Waals surface area contributed by atoms with Gasteiger partial charge in [0, 0.05) is 30.3 Å². The van der Waals surface area contributed by atoms with Crippen LogP contribution in [-0.2, 0) is 4.74 Å². The molecule has 2 heterocycles. The Kier molecular flexibility index (Phi) is 3.69. The van der Waals surface area contributed by atoms with Crippen LogP contribution in [0.4, 0.5) is 11.5 Å². The number of anilines is 2. The van der Waals surface area contributed by atoms with Crippen LogP contribution in [0, 0.1) is 5.92 Å². The Hall–Kier alpha value is -1.88. The smallest absolute Gasteiger partial charge is 0.137 e.